The summed E-state index contributed by atoms with van der Waals surface area (Å²) in [7, 11) is 2.92. The van der Waals surface area contributed by atoms with Crippen LogP contribution in [0, 0.1) is 0 Å². The monoisotopic (exact) mass is 443 g/mol. The second kappa shape index (κ2) is 12.8. The van der Waals surface area contributed by atoms with Crippen molar-refractivity contribution in [1.82, 2.24) is 5.43 Å². The summed E-state index contributed by atoms with van der Waals surface area (Å²) in [6.45, 7) is 0. The summed E-state index contributed by atoms with van der Waals surface area (Å²) in [5.74, 6) is 0.388. The van der Waals surface area contributed by atoms with Gasteiger partial charge < -0.3 is 25.0 Å². The van der Waals surface area contributed by atoms with Crippen LogP contribution in [0.25, 0.3) is 0 Å². The molecule has 0 aromatic heterocycles. The molecule has 0 aliphatic carbocycles. The molecule has 2 aromatic carbocycles. The number of carbonyl (C=O) groups is 2. The van der Waals surface area contributed by atoms with Gasteiger partial charge in [-0.05, 0) is 25.0 Å². The van der Waals surface area contributed by atoms with E-state index in [0.717, 1.165) is 12.8 Å². The number of carbonyl (C=O) groups excluding carboxylic acids is 2. The number of methoxy groups -OCH3 is 2. The smallest absolute Gasteiger partial charge is 0.240 e. The number of hydrazone groups is 1. The Morgan fingerprint density at radius 3 is 2.12 bits per heavy atom. The van der Waals surface area contributed by atoms with Gasteiger partial charge in [0, 0.05) is 25.0 Å². The maximum Gasteiger partial charge on any atom is 0.240 e. The summed E-state index contributed by atoms with van der Waals surface area (Å²) >= 11 is 0. The zero-order valence-corrected chi connectivity index (χ0v) is 18.3. The van der Waals surface area contributed by atoms with Crippen LogP contribution in [-0.4, -0.2) is 42.5 Å². The van der Waals surface area contributed by atoms with E-state index in [-0.39, 0.29) is 23.3 Å². The molecule has 9 nitrogen and oxygen atoms in total. The summed E-state index contributed by atoms with van der Waals surface area (Å²) in [4.78, 5) is 23.9. The molecular weight excluding hydrogens is 414 g/mol. The predicted octanol–water partition coefficient (Wildman–Crippen LogP) is 3.54. The Kier molecular flexibility index (Phi) is 9.83. The number of nitrogens with one attached hydrogen (secondary N) is 2. The number of rotatable bonds is 12. The van der Waals surface area contributed by atoms with E-state index in [9.17, 15) is 19.8 Å². The lowest BCUT2D eigenvalue weighted by molar-refractivity contribution is -0.121. The van der Waals surface area contributed by atoms with Gasteiger partial charge in [-0.1, -0.05) is 25.0 Å². The van der Waals surface area contributed by atoms with Crippen LogP contribution in [0.1, 0.15) is 44.1 Å². The molecule has 0 spiro atoms. The van der Waals surface area contributed by atoms with Crippen LogP contribution in [0.2, 0.25) is 0 Å². The second-order valence-electron chi connectivity index (χ2n) is 7.04. The first-order valence-electron chi connectivity index (χ1n) is 10.3. The van der Waals surface area contributed by atoms with E-state index in [0.29, 0.717) is 48.4 Å². The lowest BCUT2D eigenvalue weighted by Gasteiger charge is -2.10. The Morgan fingerprint density at radius 2 is 1.53 bits per heavy atom. The van der Waals surface area contributed by atoms with Gasteiger partial charge in [-0.15, -0.1) is 0 Å². The van der Waals surface area contributed by atoms with E-state index in [4.69, 9.17) is 9.47 Å². The molecule has 0 heterocycles. The molecule has 2 rings (SSSR count). The maximum absolute atomic E-state index is 12.0. The van der Waals surface area contributed by atoms with Gasteiger partial charge in [0.15, 0.2) is 0 Å². The van der Waals surface area contributed by atoms with Gasteiger partial charge in [0.25, 0.3) is 0 Å². The van der Waals surface area contributed by atoms with Crippen LogP contribution in [0.15, 0.2) is 41.5 Å². The Balaban J connectivity index is 1.65. The highest BCUT2D eigenvalue weighted by molar-refractivity contribution is 5.92. The molecular formula is C23H29N3O6. The van der Waals surface area contributed by atoms with Gasteiger partial charge in [0.1, 0.15) is 23.0 Å². The molecule has 0 atom stereocenters. The van der Waals surface area contributed by atoms with Gasteiger partial charge in [-0.2, -0.15) is 5.10 Å². The fourth-order valence-corrected chi connectivity index (χ4v) is 2.99. The van der Waals surface area contributed by atoms with E-state index in [1.807, 2.05) is 0 Å². The average Bonchev–Trinajstić information content (AvgIpc) is 2.78. The Bertz CT molecular complexity index is 920. The normalized spacial score (nSPS) is 10.7. The van der Waals surface area contributed by atoms with E-state index in [2.05, 4.69) is 15.8 Å². The molecule has 0 bridgehead atoms. The van der Waals surface area contributed by atoms with Crippen LogP contribution in [-0.2, 0) is 9.59 Å². The minimum absolute atomic E-state index is 0.00409. The van der Waals surface area contributed by atoms with Crippen molar-refractivity contribution in [3.8, 4) is 23.0 Å². The van der Waals surface area contributed by atoms with Crippen LogP contribution >= 0.6 is 0 Å². The number of nitrogens with zero attached hydrogens (tertiary/aromatic N) is 1. The molecule has 0 unspecified atom stereocenters. The number of benzene rings is 2. The van der Waals surface area contributed by atoms with Crippen LogP contribution < -0.4 is 20.2 Å². The summed E-state index contributed by atoms with van der Waals surface area (Å²) < 4.78 is 10.4. The minimum atomic E-state index is -0.227. The van der Waals surface area contributed by atoms with E-state index in [1.165, 1.54) is 38.6 Å². The number of hydrogen-bond donors (Lipinski definition) is 4. The number of aromatic hydroxyl groups is 2. The number of hydrogen-bond acceptors (Lipinski definition) is 7. The molecule has 172 valence electrons. The molecule has 0 aliphatic heterocycles. The van der Waals surface area contributed by atoms with E-state index >= 15 is 0 Å². The first-order chi connectivity index (χ1) is 15.4. The molecule has 0 aliphatic rings. The highest BCUT2D eigenvalue weighted by Crippen LogP contribution is 2.32. The SMILES string of the molecule is COc1cc(O)cc(OC)c1/C=N/NC(=O)CCCCCCC(=O)Nc1ccccc1O. The molecule has 0 fully saturated rings. The van der Waals surface area contributed by atoms with Crippen molar-refractivity contribution < 1.29 is 29.3 Å². The van der Waals surface area contributed by atoms with Gasteiger partial charge in [0.2, 0.25) is 11.8 Å². The van der Waals surface area contributed by atoms with Gasteiger partial charge in [-0.3, -0.25) is 9.59 Å². The maximum atomic E-state index is 12.0. The molecule has 9 heteroatoms. The second-order valence-corrected chi connectivity index (χ2v) is 7.04. The lowest BCUT2D eigenvalue weighted by atomic mass is 10.1. The highest BCUT2D eigenvalue weighted by Gasteiger charge is 2.11. The quantitative estimate of drug-likeness (QED) is 0.172. The third-order valence-electron chi connectivity index (χ3n) is 4.65. The minimum Gasteiger partial charge on any atom is -0.508 e. The summed E-state index contributed by atoms with van der Waals surface area (Å²) in [5.41, 5.74) is 3.36. The van der Waals surface area contributed by atoms with Gasteiger partial charge >= 0.3 is 0 Å². The third kappa shape index (κ3) is 7.82. The van der Waals surface area contributed by atoms with Crippen LogP contribution in [0.4, 0.5) is 5.69 Å². The molecule has 0 saturated carbocycles. The van der Waals surface area contributed by atoms with Crippen molar-refractivity contribution in [3.05, 3.63) is 42.0 Å². The summed E-state index contributed by atoms with van der Waals surface area (Å²) in [5, 5.41) is 25.9. The largest absolute Gasteiger partial charge is 0.508 e. The average molecular weight is 444 g/mol. The fourth-order valence-electron chi connectivity index (χ4n) is 2.99. The first-order valence-corrected chi connectivity index (χ1v) is 10.3. The standard InChI is InChI=1S/C23H29N3O6/c1-31-20-13-16(27)14-21(32-2)17(20)15-24-26-23(30)12-6-4-3-5-11-22(29)25-18-9-7-8-10-19(18)28/h7-10,13-15,27-28H,3-6,11-12H2,1-2H3,(H,25,29)(H,26,30)/b24-15+. The van der Waals surface area contributed by atoms with Crippen molar-refractivity contribution in [2.75, 3.05) is 19.5 Å². The highest BCUT2D eigenvalue weighted by atomic mass is 16.5. The zero-order chi connectivity index (χ0) is 23.3. The van der Waals surface area contributed by atoms with Gasteiger partial charge in [0.05, 0.1) is 31.7 Å². The van der Waals surface area contributed by atoms with Crippen molar-refractivity contribution in [2.45, 2.75) is 38.5 Å². The van der Waals surface area contributed by atoms with Crippen LogP contribution in [0.3, 0.4) is 0 Å². The van der Waals surface area contributed by atoms with Crippen LogP contribution in [0.5, 0.6) is 23.0 Å². The molecule has 32 heavy (non-hydrogen) atoms. The lowest BCUT2D eigenvalue weighted by Crippen LogP contribution is -2.17. The molecule has 0 saturated heterocycles. The molecule has 0 radical (unpaired) electrons. The number of para-hydroxylation sites is 2. The van der Waals surface area contributed by atoms with E-state index in [1.54, 1.807) is 18.2 Å². The first kappa shape index (κ1) is 24.5. The number of amides is 2. The molecule has 4 N–H and O–H groups in total. The van der Waals surface area contributed by atoms with E-state index < -0.39 is 0 Å². The summed E-state index contributed by atoms with van der Waals surface area (Å²) in [6, 6.07) is 9.43. The van der Waals surface area contributed by atoms with Crippen molar-refractivity contribution in [1.29, 1.82) is 0 Å². The van der Waals surface area contributed by atoms with Gasteiger partial charge in [-0.25, -0.2) is 5.43 Å². The topological polar surface area (TPSA) is 129 Å². The summed E-state index contributed by atoms with van der Waals surface area (Å²) in [6.07, 6.45) is 5.05. The van der Waals surface area contributed by atoms with Crippen molar-refractivity contribution in [2.24, 2.45) is 5.10 Å². The number of phenolic OH excluding ortho intramolecular Hbond substituents is 2. The predicted molar refractivity (Wildman–Crippen MR) is 121 cm³/mol. The van der Waals surface area contributed by atoms with Crippen molar-refractivity contribution >= 4 is 23.7 Å². The Hall–Kier alpha value is -3.75. The molecule has 2 aromatic rings. The Labute approximate surface area is 187 Å². The zero-order valence-electron chi connectivity index (χ0n) is 18.3. The third-order valence-corrected chi connectivity index (χ3v) is 4.65. The molecule has 2 amide bonds. The number of anilines is 1. The van der Waals surface area contributed by atoms with Crippen molar-refractivity contribution in [3.63, 3.8) is 0 Å². The number of unbranched alkanes of at least 4 members (excludes halogenated alkanes) is 3. The number of phenols is 2. The fraction of sp³-hybridized carbons (Fsp3) is 0.348. The number of ether oxygens (including phenoxy) is 2. The Morgan fingerprint density at radius 1 is 0.938 bits per heavy atom.